The van der Waals surface area contributed by atoms with E-state index in [-0.39, 0.29) is 0 Å². The van der Waals surface area contributed by atoms with Crippen LogP contribution in [0.5, 0.6) is 0 Å². The highest BCUT2D eigenvalue weighted by Gasteiger charge is 2.29. The van der Waals surface area contributed by atoms with Crippen molar-refractivity contribution in [3.63, 3.8) is 0 Å². The standard InChI is InChI=1S/C8H17NO/c1-6-3-8(9-2)4-7(6)5-10/h6-10H,3-5H2,1-2H3/t6-,7+,8?/m0/s1. The Labute approximate surface area is 62.6 Å². The van der Waals surface area contributed by atoms with Crippen molar-refractivity contribution in [2.24, 2.45) is 11.8 Å². The van der Waals surface area contributed by atoms with Crippen LogP contribution in [0.25, 0.3) is 0 Å². The molecular formula is C8H17NO. The van der Waals surface area contributed by atoms with Gasteiger partial charge in [0.2, 0.25) is 0 Å². The number of aliphatic hydroxyl groups excluding tert-OH is 1. The number of aliphatic hydroxyl groups is 1. The minimum atomic E-state index is 0.360. The summed E-state index contributed by atoms with van der Waals surface area (Å²) in [7, 11) is 2.00. The Morgan fingerprint density at radius 3 is 2.50 bits per heavy atom. The molecule has 3 atom stereocenters. The van der Waals surface area contributed by atoms with Gasteiger partial charge in [0.05, 0.1) is 0 Å². The first kappa shape index (κ1) is 8.02. The predicted octanol–water partition coefficient (Wildman–Crippen LogP) is 0.613. The molecular weight excluding hydrogens is 126 g/mol. The lowest BCUT2D eigenvalue weighted by atomic mass is 10.00. The molecule has 0 aromatic heterocycles. The number of hydrogen-bond acceptors (Lipinski definition) is 2. The molecule has 0 bridgehead atoms. The van der Waals surface area contributed by atoms with Crippen molar-refractivity contribution in [2.75, 3.05) is 13.7 Å². The molecule has 0 heterocycles. The largest absolute Gasteiger partial charge is 0.396 e. The Kier molecular flexibility index (Phi) is 2.69. The van der Waals surface area contributed by atoms with Crippen molar-refractivity contribution in [1.29, 1.82) is 0 Å². The first-order valence-corrected chi connectivity index (χ1v) is 4.06. The third-order valence-electron chi connectivity index (χ3n) is 2.69. The zero-order valence-electron chi connectivity index (χ0n) is 6.80. The second-order valence-electron chi connectivity index (χ2n) is 3.38. The molecule has 0 spiro atoms. The van der Waals surface area contributed by atoms with Crippen LogP contribution in [0.2, 0.25) is 0 Å². The average molecular weight is 143 g/mol. The van der Waals surface area contributed by atoms with Crippen LogP contribution in [0.3, 0.4) is 0 Å². The van der Waals surface area contributed by atoms with Crippen LogP contribution in [0, 0.1) is 11.8 Å². The van der Waals surface area contributed by atoms with E-state index >= 15 is 0 Å². The first-order valence-electron chi connectivity index (χ1n) is 4.06. The molecule has 1 rings (SSSR count). The van der Waals surface area contributed by atoms with E-state index in [1.165, 1.54) is 6.42 Å². The topological polar surface area (TPSA) is 32.3 Å². The summed E-state index contributed by atoms with van der Waals surface area (Å²) in [6, 6.07) is 0.646. The maximum Gasteiger partial charge on any atom is 0.0462 e. The maximum absolute atomic E-state index is 8.92. The van der Waals surface area contributed by atoms with Crippen molar-refractivity contribution in [3.8, 4) is 0 Å². The molecule has 0 aromatic rings. The van der Waals surface area contributed by atoms with E-state index in [2.05, 4.69) is 12.2 Å². The smallest absolute Gasteiger partial charge is 0.0462 e. The average Bonchev–Trinajstić information content (AvgIpc) is 2.30. The number of hydrogen-bond donors (Lipinski definition) is 2. The lowest BCUT2D eigenvalue weighted by Crippen LogP contribution is -2.21. The number of rotatable bonds is 2. The van der Waals surface area contributed by atoms with Crippen LogP contribution in [0.1, 0.15) is 19.8 Å². The van der Waals surface area contributed by atoms with E-state index in [0.717, 1.165) is 6.42 Å². The summed E-state index contributed by atoms with van der Waals surface area (Å²) >= 11 is 0. The Morgan fingerprint density at radius 2 is 2.20 bits per heavy atom. The second kappa shape index (κ2) is 3.35. The molecule has 2 nitrogen and oxygen atoms in total. The van der Waals surface area contributed by atoms with Gasteiger partial charge in [0.15, 0.2) is 0 Å². The first-order chi connectivity index (χ1) is 4.77. The molecule has 0 radical (unpaired) electrons. The summed E-state index contributed by atoms with van der Waals surface area (Å²) in [6.07, 6.45) is 2.37. The Hall–Kier alpha value is -0.0800. The third-order valence-corrected chi connectivity index (χ3v) is 2.69. The fourth-order valence-electron chi connectivity index (χ4n) is 1.83. The molecule has 0 amide bonds. The van der Waals surface area contributed by atoms with E-state index in [9.17, 15) is 0 Å². The van der Waals surface area contributed by atoms with Crippen LogP contribution < -0.4 is 5.32 Å². The molecule has 1 aliphatic rings. The lowest BCUT2D eigenvalue weighted by molar-refractivity contribution is 0.200. The molecule has 1 aliphatic carbocycles. The van der Waals surface area contributed by atoms with Gasteiger partial charge in [-0.15, -0.1) is 0 Å². The van der Waals surface area contributed by atoms with Gasteiger partial charge in [-0.25, -0.2) is 0 Å². The molecule has 10 heavy (non-hydrogen) atoms. The van der Waals surface area contributed by atoms with Crippen molar-refractivity contribution in [3.05, 3.63) is 0 Å². The molecule has 1 fully saturated rings. The SMILES string of the molecule is CNC1C[C@H](CO)[C@@H](C)C1. The van der Waals surface area contributed by atoms with Crippen LogP contribution in [0.4, 0.5) is 0 Å². The Morgan fingerprint density at radius 1 is 1.50 bits per heavy atom. The minimum absolute atomic E-state index is 0.360. The molecule has 0 aliphatic heterocycles. The van der Waals surface area contributed by atoms with Gasteiger partial charge in [-0.05, 0) is 31.7 Å². The highest BCUT2D eigenvalue weighted by atomic mass is 16.3. The lowest BCUT2D eigenvalue weighted by Gasteiger charge is -2.09. The van der Waals surface area contributed by atoms with Gasteiger partial charge < -0.3 is 10.4 Å². The highest BCUT2D eigenvalue weighted by Crippen LogP contribution is 2.30. The zero-order chi connectivity index (χ0) is 7.56. The van der Waals surface area contributed by atoms with Crippen molar-refractivity contribution in [1.82, 2.24) is 5.32 Å². The molecule has 0 saturated heterocycles. The summed E-state index contributed by atoms with van der Waals surface area (Å²) in [4.78, 5) is 0. The molecule has 1 unspecified atom stereocenters. The van der Waals surface area contributed by atoms with Crippen molar-refractivity contribution < 1.29 is 5.11 Å². The van der Waals surface area contributed by atoms with Gasteiger partial charge in [0.1, 0.15) is 0 Å². The molecule has 60 valence electrons. The summed E-state index contributed by atoms with van der Waals surface area (Å²) in [5, 5.41) is 12.2. The maximum atomic E-state index is 8.92. The van der Waals surface area contributed by atoms with Crippen LogP contribution in [0.15, 0.2) is 0 Å². The van der Waals surface area contributed by atoms with Gasteiger partial charge >= 0.3 is 0 Å². The molecule has 2 heteroatoms. The fourth-order valence-corrected chi connectivity index (χ4v) is 1.83. The second-order valence-corrected chi connectivity index (χ2v) is 3.38. The van der Waals surface area contributed by atoms with E-state index in [1.807, 2.05) is 7.05 Å². The van der Waals surface area contributed by atoms with Gasteiger partial charge in [0, 0.05) is 12.6 Å². The summed E-state index contributed by atoms with van der Waals surface area (Å²) < 4.78 is 0. The highest BCUT2D eigenvalue weighted by molar-refractivity contribution is 4.83. The quantitative estimate of drug-likeness (QED) is 0.593. The zero-order valence-corrected chi connectivity index (χ0v) is 6.80. The van der Waals surface area contributed by atoms with E-state index in [1.54, 1.807) is 0 Å². The Bertz CT molecular complexity index is 105. The van der Waals surface area contributed by atoms with Crippen LogP contribution in [-0.4, -0.2) is 24.8 Å². The van der Waals surface area contributed by atoms with Gasteiger partial charge in [-0.1, -0.05) is 6.92 Å². The monoisotopic (exact) mass is 143 g/mol. The third kappa shape index (κ3) is 1.50. The fraction of sp³-hybridized carbons (Fsp3) is 1.00. The normalized spacial score (nSPS) is 40.5. The van der Waals surface area contributed by atoms with E-state index < -0.39 is 0 Å². The summed E-state index contributed by atoms with van der Waals surface area (Å²) in [6.45, 7) is 2.58. The molecule has 0 aromatic carbocycles. The van der Waals surface area contributed by atoms with Gasteiger partial charge in [-0.2, -0.15) is 0 Å². The van der Waals surface area contributed by atoms with Gasteiger partial charge in [-0.3, -0.25) is 0 Å². The predicted molar refractivity (Wildman–Crippen MR) is 41.8 cm³/mol. The van der Waals surface area contributed by atoms with Gasteiger partial charge in [0.25, 0.3) is 0 Å². The van der Waals surface area contributed by atoms with Crippen molar-refractivity contribution >= 4 is 0 Å². The summed E-state index contributed by atoms with van der Waals surface area (Å²) in [5.74, 6) is 1.24. The Balaban J connectivity index is 2.36. The van der Waals surface area contributed by atoms with Crippen LogP contribution >= 0.6 is 0 Å². The van der Waals surface area contributed by atoms with E-state index in [0.29, 0.717) is 24.5 Å². The van der Waals surface area contributed by atoms with Crippen molar-refractivity contribution in [2.45, 2.75) is 25.8 Å². The minimum Gasteiger partial charge on any atom is -0.396 e. The van der Waals surface area contributed by atoms with Crippen LogP contribution in [-0.2, 0) is 0 Å². The molecule has 1 saturated carbocycles. The summed E-state index contributed by atoms with van der Waals surface area (Å²) in [5.41, 5.74) is 0. The van der Waals surface area contributed by atoms with E-state index in [4.69, 9.17) is 5.11 Å². The molecule has 2 N–H and O–H groups in total. The number of nitrogens with one attached hydrogen (secondary N) is 1.